The molecule has 6 nitrogen and oxygen atoms in total. The third-order valence-electron chi connectivity index (χ3n) is 6.54. The molecule has 3 heterocycles. The van der Waals surface area contributed by atoms with Crippen LogP contribution in [0.2, 0.25) is 0 Å². The second kappa shape index (κ2) is 7.69. The smallest absolute Gasteiger partial charge is 0.253 e. The second-order valence-electron chi connectivity index (χ2n) is 8.50. The maximum Gasteiger partial charge on any atom is 0.253 e. The van der Waals surface area contributed by atoms with Gasteiger partial charge in [0.15, 0.2) is 0 Å². The molecule has 0 N–H and O–H groups in total. The molecule has 0 unspecified atom stereocenters. The number of rotatable bonds is 4. The number of piperidine rings is 1. The molecule has 1 amide bonds. The number of amides is 1. The van der Waals surface area contributed by atoms with Crippen LogP contribution in [-0.4, -0.2) is 52.1 Å². The van der Waals surface area contributed by atoms with Crippen molar-refractivity contribution in [3.8, 4) is 0 Å². The fourth-order valence-electron chi connectivity index (χ4n) is 5.04. The Morgan fingerprint density at radius 2 is 1.80 bits per heavy atom. The highest BCUT2D eigenvalue weighted by molar-refractivity contribution is 5.94. The Kier molecular flexibility index (Phi) is 4.87. The van der Waals surface area contributed by atoms with E-state index in [1.807, 2.05) is 48.2 Å². The van der Waals surface area contributed by atoms with Crippen molar-refractivity contribution in [2.45, 2.75) is 25.3 Å². The van der Waals surface area contributed by atoms with Crippen LogP contribution in [0.5, 0.6) is 0 Å². The van der Waals surface area contributed by atoms with Crippen molar-refractivity contribution < 1.29 is 9.21 Å². The van der Waals surface area contributed by atoms with Gasteiger partial charge in [-0.25, -0.2) is 0 Å². The maximum absolute atomic E-state index is 13.1. The predicted octanol–water partition coefficient (Wildman–Crippen LogP) is 3.29. The molecule has 1 aromatic heterocycles. The molecule has 2 aliphatic heterocycles. The van der Waals surface area contributed by atoms with Gasteiger partial charge in [0, 0.05) is 51.1 Å². The van der Waals surface area contributed by atoms with Crippen molar-refractivity contribution in [3.63, 3.8) is 0 Å². The van der Waals surface area contributed by atoms with Gasteiger partial charge in [-0.2, -0.15) is 0 Å². The van der Waals surface area contributed by atoms with Gasteiger partial charge in [-0.15, -0.1) is 10.2 Å². The molecule has 0 aliphatic carbocycles. The zero-order valence-electron chi connectivity index (χ0n) is 17.2. The van der Waals surface area contributed by atoms with E-state index in [4.69, 9.17) is 4.42 Å². The van der Waals surface area contributed by atoms with Crippen molar-refractivity contribution in [2.75, 3.05) is 26.2 Å². The number of hydrogen-bond acceptors (Lipinski definition) is 5. The SMILES string of the molecule is Cc1nnc([C@]23CCN(C(=O)c4ccccc4)C[C@H]2CN(Cc2ccccc2)C3)o1. The molecule has 2 atom stereocenters. The van der Waals surface area contributed by atoms with Gasteiger partial charge in [0.1, 0.15) is 0 Å². The minimum Gasteiger partial charge on any atom is -0.425 e. The summed E-state index contributed by atoms with van der Waals surface area (Å²) in [4.78, 5) is 17.5. The Morgan fingerprint density at radius 1 is 1.07 bits per heavy atom. The Bertz CT molecular complexity index is 1020. The molecular formula is C24H26N4O2. The van der Waals surface area contributed by atoms with Gasteiger partial charge in [0.2, 0.25) is 11.8 Å². The van der Waals surface area contributed by atoms with Crippen LogP contribution in [-0.2, 0) is 12.0 Å². The van der Waals surface area contributed by atoms with E-state index in [0.29, 0.717) is 19.0 Å². The van der Waals surface area contributed by atoms with E-state index in [0.717, 1.165) is 37.5 Å². The van der Waals surface area contributed by atoms with Crippen molar-refractivity contribution in [1.82, 2.24) is 20.0 Å². The topological polar surface area (TPSA) is 62.5 Å². The molecule has 3 aromatic rings. The first kappa shape index (κ1) is 19.0. The number of aryl methyl sites for hydroxylation is 1. The molecule has 5 rings (SSSR count). The van der Waals surface area contributed by atoms with Crippen molar-refractivity contribution in [1.29, 1.82) is 0 Å². The van der Waals surface area contributed by atoms with Crippen molar-refractivity contribution in [2.24, 2.45) is 5.92 Å². The van der Waals surface area contributed by atoms with E-state index >= 15 is 0 Å². The number of nitrogens with zero attached hydrogens (tertiary/aromatic N) is 4. The number of aromatic nitrogens is 2. The summed E-state index contributed by atoms with van der Waals surface area (Å²) in [6, 6.07) is 20.1. The van der Waals surface area contributed by atoms with Gasteiger partial charge >= 0.3 is 0 Å². The predicted molar refractivity (Wildman–Crippen MR) is 113 cm³/mol. The first-order chi connectivity index (χ1) is 14.6. The van der Waals surface area contributed by atoms with Crippen LogP contribution in [0.15, 0.2) is 65.1 Å². The molecule has 0 saturated carbocycles. The summed E-state index contributed by atoms with van der Waals surface area (Å²) in [5.41, 5.74) is 1.85. The number of hydrogen-bond donors (Lipinski definition) is 0. The summed E-state index contributed by atoms with van der Waals surface area (Å²) >= 11 is 0. The minimum absolute atomic E-state index is 0.104. The zero-order valence-corrected chi connectivity index (χ0v) is 17.2. The molecule has 2 aromatic carbocycles. The highest BCUT2D eigenvalue weighted by Gasteiger charge is 2.54. The molecule has 2 saturated heterocycles. The summed E-state index contributed by atoms with van der Waals surface area (Å²) in [7, 11) is 0. The lowest BCUT2D eigenvalue weighted by Crippen LogP contribution is -2.51. The van der Waals surface area contributed by atoms with E-state index in [9.17, 15) is 4.79 Å². The van der Waals surface area contributed by atoms with Gasteiger partial charge in [-0.3, -0.25) is 9.69 Å². The van der Waals surface area contributed by atoms with Gasteiger partial charge < -0.3 is 9.32 Å². The average Bonchev–Trinajstić information content (AvgIpc) is 3.38. The normalized spacial score (nSPS) is 24.0. The van der Waals surface area contributed by atoms with Crippen LogP contribution in [0.3, 0.4) is 0 Å². The van der Waals surface area contributed by atoms with Gasteiger partial charge in [0.05, 0.1) is 5.41 Å². The fraction of sp³-hybridized carbons (Fsp3) is 0.375. The highest BCUT2D eigenvalue weighted by atomic mass is 16.4. The van der Waals surface area contributed by atoms with E-state index in [-0.39, 0.29) is 17.2 Å². The Morgan fingerprint density at radius 3 is 2.50 bits per heavy atom. The molecule has 2 fully saturated rings. The van der Waals surface area contributed by atoms with E-state index in [1.165, 1.54) is 5.56 Å². The lowest BCUT2D eigenvalue weighted by Gasteiger charge is -2.41. The summed E-state index contributed by atoms with van der Waals surface area (Å²) < 4.78 is 5.95. The lowest BCUT2D eigenvalue weighted by atomic mass is 9.72. The van der Waals surface area contributed by atoms with E-state index < -0.39 is 0 Å². The Hall–Kier alpha value is -2.99. The monoisotopic (exact) mass is 402 g/mol. The first-order valence-corrected chi connectivity index (χ1v) is 10.6. The van der Waals surface area contributed by atoms with Crippen molar-refractivity contribution in [3.05, 3.63) is 83.6 Å². The molecule has 0 spiro atoms. The van der Waals surface area contributed by atoms with Crippen LogP contribution < -0.4 is 0 Å². The van der Waals surface area contributed by atoms with Crippen LogP contribution in [0.25, 0.3) is 0 Å². The minimum atomic E-state index is -0.191. The number of fused-ring (bicyclic) bond motifs is 1. The van der Waals surface area contributed by atoms with Crippen LogP contribution in [0, 0.1) is 12.8 Å². The highest BCUT2D eigenvalue weighted by Crippen LogP contribution is 2.45. The van der Waals surface area contributed by atoms with Crippen LogP contribution in [0.1, 0.15) is 34.1 Å². The summed E-state index contributed by atoms with van der Waals surface area (Å²) in [5, 5.41) is 8.54. The number of benzene rings is 2. The standard InChI is InChI=1S/C24H26N4O2/c1-18-25-26-23(30-18)24-12-13-28(22(29)20-10-6-3-7-11-20)16-21(24)15-27(17-24)14-19-8-4-2-5-9-19/h2-11,21H,12-17H2,1H3/t21-,24+/m1/s1. The third kappa shape index (κ3) is 3.41. The molecule has 154 valence electrons. The van der Waals surface area contributed by atoms with Gasteiger partial charge in [-0.1, -0.05) is 48.5 Å². The molecule has 30 heavy (non-hydrogen) atoms. The average molecular weight is 402 g/mol. The quantitative estimate of drug-likeness (QED) is 0.670. The van der Waals surface area contributed by atoms with E-state index in [1.54, 1.807) is 0 Å². The van der Waals surface area contributed by atoms with Crippen molar-refractivity contribution >= 4 is 5.91 Å². The number of carbonyl (C=O) groups is 1. The summed E-state index contributed by atoms with van der Waals surface area (Å²) in [5.74, 6) is 1.70. The fourth-order valence-corrected chi connectivity index (χ4v) is 5.04. The van der Waals surface area contributed by atoms with E-state index in [2.05, 4.69) is 39.4 Å². The molecule has 2 aliphatic rings. The van der Waals surface area contributed by atoms with Crippen LogP contribution in [0.4, 0.5) is 0 Å². The van der Waals surface area contributed by atoms with Gasteiger partial charge in [0.25, 0.3) is 5.91 Å². The lowest BCUT2D eigenvalue weighted by molar-refractivity contribution is 0.0568. The third-order valence-corrected chi connectivity index (χ3v) is 6.54. The Labute approximate surface area is 176 Å². The molecule has 6 heteroatoms. The molecular weight excluding hydrogens is 376 g/mol. The molecule has 0 bridgehead atoms. The zero-order chi connectivity index (χ0) is 20.6. The molecule has 0 radical (unpaired) electrons. The van der Waals surface area contributed by atoms with Crippen LogP contribution >= 0.6 is 0 Å². The van der Waals surface area contributed by atoms with Gasteiger partial charge in [-0.05, 0) is 24.1 Å². The summed E-state index contributed by atoms with van der Waals surface area (Å²) in [6.07, 6.45) is 0.836. The number of carbonyl (C=O) groups excluding carboxylic acids is 1. The second-order valence-corrected chi connectivity index (χ2v) is 8.50. The number of likely N-dealkylation sites (tertiary alicyclic amines) is 2. The largest absolute Gasteiger partial charge is 0.425 e. The Balaban J connectivity index is 1.41. The maximum atomic E-state index is 13.1. The first-order valence-electron chi connectivity index (χ1n) is 10.6. The summed E-state index contributed by atoms with van der Waals surface area (Å²) in [6.45, 7) is 5.92.